The first-order valence-corrected chi connectivity index (χ1v) is 16.8. The van der Waals surface area contributed by atoms with Gasteiger partial charge in [0.1, 0.15) is 4.83 Å². The van der Waals surface area contributed by atoms with Crippen LogP contribution in [-0.4, -0.2) is 4.98 Å². The minimum atomic E-state index is -0.121. The van der Waals surface area contributed by atoms with E-state index in [0.717, 1.165) is 16.1 Å². The lowest BCUT2D eigenvalue weighted by atomic mass is 9.80. The van der Waals surface area contributed by atoms with Crippen LogP contribution in [0.4, 0.5) is 0 Å². The molecule has 216 valence electrons. The second kappa shape index (κ2) is 9.36. The van der Waals surface area contributed by atoms with Crippen LogP contribution < -0.4 is 0 Å². The summed E-state index contributed by atoms with van der Waals surface area (Å²) >= 11 is 1.81. The maximum atomic E-state index is 5.44. The quantitative estimate of drug-likeness (QED) is 0.179. The Labute approximate surface area is 271 Å². The second-order valence-corrected chi connectivity index (χ2v) is 14.1. The highest BCUT2D eigenvalue weighted by Crippen LogP contribution is 2.56. The van der Waals surface area contributed by atoms with E-state index in [-0.39, 0.29) is 5.41 Å². The molecule has 0 radical (unpaired) electrons. The van der Waals surface area contributed by atoms with Crippen LogP contribution in [0.5, 0.6) is 0 Å². The summed E-state index contributed by atoms with van der Waals surface area (Å²) in [6.45, 7) is 4.76. The van der Waals surface area contributed by atoms with Gasteiger partial charge in [-0.25, -0.2) is 4.98 Å². The van der Waals surface area contributed by atoms with Crippen LogP contribution >= 0.6 is 11.3 Å². The standard InChI is InChI=1S/C44H29NS/c1-44(2)37-17-9-7-15-34(37)39-41(44)40-35-16-8-10-18-38(35)46-43(40)45-42(39)27-21-19-26(20-22-27)28-23-24-33-31-13-4-3-11-29(31)30-12-5-6-14-32(30)36(33)25-28/h3-25H,1-2H3. The van der Waals surface area contributed by atoms with Crippen molar-refractivity contribution in [2.75, 3.05) is 0 Å². The van der Waals surface area contributed by atoms with Gasteiger partial charge in [-0.3, -0.25) is 0 Å². The molecule has 0 aliphatic heterocycles. The number of pyridine rings is 1. The van der Waals surface area contributed by atoms with Crippen molar-refractivity contribution in [1.82, 2.24) is 4.98 Å². The molecule has 0 saturated carbocycles. The number of hydrogen-bond acceptors (Lipinski definition) is 2. The first-order chi connectivity index (χ1) is 22.6. The Morgan fingerprint density at radius 1 is 0.500 bits per heavy atom. The molecule has 46 heavy (non-hydrogen) atoms. The van der Waals surface area contributed by atoms with Crippen molar-refractivity contribution in [1.29, 1.82) is 0 Å². The number of rotatable bonds is 2. The summed E-state index contributed by atoms with van der Waals surface area (Å²) in [7, 11) is 0. The number of aromatic nitrogens is 1. The first kappa shape index (κ1) is 26.0. The van der Waals surface area contributed by atoms with Gasteiger partial charge in [0.2, 0.25) is 0 Å². The summed E-state index contributed by atoms with van der Waals surface area (Å²) in [6.07, 6.45) is 0. The van der Waals surface area contributed by atoms with Crippen LogP contribution in [0.15, 0.2) is 140 Å². The molecular weight excluding hydrogens is 575 g/mol. The van der Waals surface area contributed by atoms with E-state index < -0.39 is 0 Å². The summed E-state index contributed by atoms with van der Waals surface area (Å²) < 4.78 is 1.29. The maximum absolute atomic E-state index is 5.44. The third kappa shape index (κ3) is 3.48. The van der Waals surface area contributed by atoms with Crippen molar-refractivity contribution in [3.63, 3.8) is 0 Å². The molecule has 0 amide bonds. The fourth-order valence-electron chi connectivity index (χ4n) is 8.14. The average molecular weight is 604 g/mol. The molecule has 0 fully saturated rings. The highest BCUT2D eigenvalue weighted by molar-refractivity contribution is 7.25. The molecule has 1 aliphatic rings. The Balaban J connectivity index is 1.17. The van der Waals surface area contributed by atoms with E-state index in [0.29, 0.717) is 0 Å². The highest BCUT2D eigenvalue weighted by Gasteiger charge is 2.40. The number of fused-ring (bicyclic) bond motifs is 13. The van der Waals surface area contributed by atoms with Crippen molar-refractivity contribution in [3.8, 4) is 33.5 Å². The zero-order chi connectivity index (χ0) is 30.6. The van der Waals surface area contributed by atoms with Gasteiger partial charge in [0.05, 0.1) is 5.69 Å². The molecule has 10 rings (SSSR count). The molecular formula is C44H29NS. The molecule has 2 heterocycles. The van der Waals surface area contributed by atoms with Crippen LogP contribution in [-0.2, 0) is 5.41 Å². The first-order valence-electron chi connectivity index (χ1n) is 16.0. The molecule has 2 heteroatoms. The topological polar surface area (TPSA) is 12.9 Å². The molecule has 0 bridgehead atoms. The molecule has 7 aromatic carbocycles. The Hall–Kier alpha value is -5.31. The predicted octanol–water partition coefficient (Wildman–Crippen LogP) is 12.5. The van der Waals surface area contributed by atoms with E-state index in [2.05, 4.69) is 153 Å². The normalized spacial score (nSPS) is 13.6. The van der Waals surface area contributed by atoms with Crippen LogP contribution in [0.25, 0.3) is 86.1 Å². The zero-order valence-electron chi connectivity index (χ0n) is 25.6. The average Bonchev–Trinajstić information content (AvgIpc) is 3.60. The van der Waals surface area contributed by atoms with Crippen molar-refractivity contribution in [2.24, 2.45) is 0 Å². The summed E-state index contributed by atoms with van der Waals surface area (Å²) in [5.41, 5.74) is 9.93. The maximum Gasteiger partial charge on any atom is 0.125 e. The second-order valence-electron chi connectivity index (χ2n) is 13.1. The lowest BCUT2D eigenvalue weighted by molar-refractivity contribution is 0.666. The summed E-state index contributed by atoms with van der Waals surface area (Å²) in [5.74, 6) is 0. The van der Waals surface area contributed by atoms with Gasteiger partial charge < -0.3 is 0 Å². The van der Waals surface area contributed by atoms with Gasteiger partial charge in [-0.05, 0) is 72.3 Å². The van der Waals surface area contributed by atoms with Crippen molar-refractivity contribution in [3.05, 3.63) is 151 Å². The molecule has 0 atom stereocenters. The third-order valence-corrected chi connectivity index (χ3v) is 11.3. The van der Waals surface area contributed by atoms with Gasteiger partial charge >= 0.3 is 0 Å². The predicted molar refractivity (Wildman–Crippen MR) is 198 cm³/mol. The molecule has 1 aliphatic carbocycles. The number of thiophene rings is 1. The van der Waals surface area contributed by atoms with Crippen LogP contribution in [0, 0.1) is 0 Å². The Morgan fingerprint density at radius 3 is 1.76 bits per heavy atom. The number of nitrogens with zero attached hydrogens (tertiary/aromatic N) is 1. The minimum Gasteiger partial charge on any atom is -0.236 e. The van der Waals surface area contributed by atoms with Crippen LogP contribution in [0.3, 0.4) is 0 Å². The van der Waals surface area contributed by atoms with E-state index in [1.807, 2.05) is 11.3 Å². The molecule has 0 spiro atoms. The van der Waals surface area contributed by atoms with Gasteiger partial charge in [0.25, 0.3) is 0 Å². The molecule has 2 aromatic heterocycles. The number of benzene rings is 7. The Bertz CT molecular complexity index is 2680. The lowest BCUT2D eigenvalue weighted by Gasteiger charge is -2.23. The van der Waals surface area contributed by atoms with Crippen LogP contribution in [0.2, 0.25) is 0 Å². The summed E-state index contributed by atoms with van der Waals surface area (Å²) in [6, 6.07) is 51.3. The van der Waals surface area contributed by atoms with E-state index in [9.17, 15) is 0 Å². The number of hydrogen-bond donors (Lipinski definition) is 0. The SMILES string of the molecule is CC1(C)c2ccccc2-c2c(-c3ccc(-c4ccc5c6ccccc6c6ccccc6c5c4)cc3)nc3sc4ccccc4c3c21. The molecule has 1 nitrogen and oxygen atoms in total. The largest absolute Gasteiger partial charge is 0.236 e. The molecule has 0 saturated heterocycles. The van der Waals surface area contributed by atoms with E-state index in [1.165, 1.54) is 81.2 Å². The molecule has 9 aromatic rings. The highest BCUT2D eigenvalue weighted by atomic mass is 32.1. The Kier molecular flexibility index (Phi) is 5.28. The fourth-order valence-corrected chi connectivity index (χ4v) is 9.22. The van der Waals surface area contributed by atoms with Gasteiger partial charge in [0.15, 0.2) is 0 Å². The van der Waals surface area contributed by atoms with E-state index >= 15 is 0 Å². The van der Waals surface area contributed by atoms with Gasteiger partial charge in [-0.1, -0.05) is 141 Å². The lowest BCUT2D eigenvalue weighted by Crippen LogP contribution is -2.15. The summed E-state index contributed by atoms with van der Waals surface area (Å²) in [4.78, 5) is 6.56. The van der Waals surface area contributed by atoms with Gasteiger partial charge in [-0.15, -0.1) is 11.3 Å². The van der Waals surface area contributed by atoms with Crippen molar-refractivity contribution >= 4 is 64.0 Å². The third-order valence-electron chi connectivity index (χ3n) is 10.3. The molecule has 0 N–H and O–H groups in total. The smallest absolute Gasteiger partial charge is 0.125 e. The van der Waals surface area contributed by atoms with Gasteiger partial charge in [0, 0.05) is 32.0 Å². The van der Waals surface area contributed by atoms with Crippen LogP contribution in [0.1, 0.15) is 25.0 Å². The monoisotopic (exact) mass is 603 g/mol. The van der Waals surface area contributed by atoms with Crippen molar-refractivity contribution in [2.45, 2.75) is 19.3 Å². The van der Waals surface area contributed by atoms with E-state index in [4.69, 9.17) is 4.98 Å². The van der Waals surface area contributed by atoms with E-state index in [1.54, 1.807) is 0 Å². The molecule has 0 unspecified atom stereocenters. The minimum absolute atomic E-state index is 0.121. The van der Waals surface area contributed by atoms with Crippen molar-refractivity contribution < 1.29 is 0 Å². The van der Waals surface area contributed by atoms with Gasteiger partial charge in [-0.2, -0.15) is 0 Å². The zero-order valence-corrected chi connectivity index (χ0v) is 26.5. The fraction of sp³-hybridized carbons (Fsp3) is 0.0682. The Morgan fingerprint density at radius 2 is 1.04 bits per heavy atom. The summed E-state index contributed by atoms with van der Waals surface area (Å²) in [5, 5.41) is 10.4.